The van der Waals surface area contributed by atoms with Crippen molar-refractivity contribution in [3.8, 4) is 11.5 Å². The number of amides is 1. The van der Waals surface area contributed by atoms with Gasteiger partial charge >= 0.3 is 0 Å². The maximum atomic E-state index is 13.5. The Morgan fingerprint density at radius 3 is 2.59 bits per heavy atom. The van der Waals surface area contributed by atoms with Crippen LogP contribution in [0.4, 0.5) is 0 Å². The number of methoxy groups -OCH3 is 2. The number of ether oxygens (including phenoxy) is 2. The molecule has 2 aromatic heterocycles. The van der Waals surface area contributed by atoms with Gasteiger partial charge in [-0.1, -0.05) is 6.92 Å². The van der Waals surface area contributed by atoms with E-state index in [9.17, 15) is 4.79 Å². The van der Waals surface area contributed by atoms with Crippen LogP contribution in [0.1, 0.15) is 35.6 Å². The van der Waals surface area contributed by atoms with Crippen LogP contribution in [0, 0.1) is 0 Å². The number of aromatic nitrogens is 2. The molecule has 1 aliphatic heterocycles. The number of hydrogen-bond donors (Lipinski definition) is 0. The van der Waals surface area contributed by atoms with E-state index in [-0.39, 0.29) is 11.9 Å². The summed E-state index contributed by atoms with van der Waals surface area (Å²) in [6.45, 7) is 3.65. The van der Waals surface area contributed by atoms with Crippen LogP contribution in [0.25, 0.3) is 10.9 Å². The van der Waals surface area contributed by atoms with Crippen LogP contribution in [0.3, 0.4) is 0 Å². The molecule has 0 radical (unpaired) electrons. The summed E-state index contributed by atoms with van der Waals surface area (Å²) in [6.07, 6.45) is 2.97. The van der Waals surface area contributed by atoms with Crippen molar-refractivity contribution >= 4 is 16.8 Å². The van der Waals surface area contributed by atoms with Crippen molar-refractivity contribution in [1.29, 1.82) is 0 Å². The Morgan fingerprint density at radius 1 is 1.15 bits per heavy atom. The first-order chi connectivity index (χ1) is 13.1. The lowest BCUT2D eigenvalue weighted by atomic mass is 10.1. The smallest absolute Gasteiger partial charge is 0.271 e. The molecule has 1 amide bonds. The molecule has 0 unspecified atom stereocenters. The summed E-state index contributed by atoms with van der Waals surface area (Å²) in [5.41, 5.74) is 2.71. The fourth-order valence-corrected chi connectivity index (χ4v) is 4.24. The fraction of sp³-hybridized carbons (Fsp3) is 0.381. The molecule has 0 fully saturated rings. The number of rotatable bonds is 4. The summed E-state index contributed by atoms with van der Waals surface area (Å²) in [6, 6.07) is 9.91. The first kappa shape index (κ1) is 17.5. The normalized spacial score (nSPS) is 16.4. The second-order valence-corrected chi connectivity index (χ2v) is 6.87. The van der Waals surface area contributed by atoms with Crippen LogP contribution in [0.2, 0.25) is 0 Å². The van der Waals surface area contributed by atoms with E-state index < -0.39 is 0 Å². The summed E-state index contributed by atoms with van der Waals surface area (Å²) >= 11 is 0. The molecule has 0 N–H and O–H groups in total. The van der Waals surface area contributed by atoms with E-state index in [4.69, 9.17) is 9.47 Å². The number of fused-ring (bicyclic) bond motifs is 2. The highest BCUT2D eigenvalue weighted by Crippen LogP contribution is 2.37. The van der Waals surface area contributed by atoms with Crippen molar-refractivity contribution in [3.05, 3.63) is 47.9 Å². The van der Waals surface area contributed by atoms with E-state index in [1.807, 2.05) is 34.7 Å². The number of benzene rings is 1. The van der Waals surface area contributed by atoms with Gasteiger partial charge in [0.15, 0.2) is 0 Å². The van der Waals surface area contributed by atoms with E-state index in [0.717, 1.165) is 35.4 Å². The van der Waals surface area contributed by atoms with Crippen LogP contribution in [-0.2, 0) is 13.6 Å². The molecule has 1 atom stereocenters. The van der Waals surface area contributed by atoms with Gasteiger partial charge in [0.1, 0.15) is 17.2 Å². The monoisotopic (exact) mass is 367 g/mol. The number of aryl methyl sites for hydroxylation is 1. The molecular formula is C21H25N3O3. The Morgan fingerprint density at radius 2 is 1.89 bits per heavy atom. The lowest BCUT2D eigenvalue weighted by Gasteiger charge is -2.36. The van der Waals surface area contributed by atoms with E-state index in [2.05, 4.69) is 29.8 Å². The lowest BCUT2D eigenvalue weighted by molar-refractivity contribution is 0.0608. The minimum Gasteiger partial charge on any atom is -0.496 e. The van der Waals surface area contributed by atoms with Crippen LogP contribution in [0.15, 0.2) is 36.5 Å². The molecule has 0 saturated heterocycles. The van der Waals surface area contributed by atoms with Gasteiger partial charge in [0.25, 0.3) is 5.91 Å². The van der Waals surface area contributed by atoms with Gasteiger partial charge in [-0.2, -0.15) is 0 Å². The van der Waals surface area contributed by atoms with Crippen molar-refractivity contribution < 1.29 is 14.3 Å². The molecule has 6 heteroatoms. The second-order valence-electron chi connectivity index (χ2n) is 6.87. The van der Waals surface area contributed by atoms with E-state index in [1.54, 1.807) is 14.2 Å². The Balaban J connectivity index is 1.80. The zero-order chi connectivity index (χ0) is 19.1. The van der Waals surface area contributed by atoms with E-state index >= 15 is 0 Å². The standard InChI is InChI=1S/C21H25N3O3/c1-5-15-16-7-6-10-23(16)11-12-24(15)21(25)17-13-14-18(26-3)8-9-19(27-4)20(14)22(17)2/h6-10,13,15H,5,11-12H2,1-4H3/t15-/m1/s1. The molecule has 1 aliphatic rings. The zero-order valence-corrected chi connectivity index (χ0v) is 16.2. The van der Waals surface area contributed by atoms with Gasteiger partial charge in [0, 0.05) is 37.4 Å². The largest absolute Gasteiger partial charge is 0.496 e. The predicted molar refractivity (Wildman–Crippen MR) is 105 cm³/mol. The van der Waals surface area contributed by atoms with Crippen molar-refractivity contribution in [2.24, 2.45) is 7.05 Å². The average molecular weight is 367 g/mol. The maximum Gasteiger partial charge on any atom is 0.271 e. The van der Waals surface area contributed by atoms with Crippen LogP contribution < -0.4 is 9.47 Å². The van der Waals surface area contributed by atoms with Gasteiger partial charge in [0.2, 0.25) is 0 Å². The molecule has 0 bridgehead atoms. The lowest BCUT2D eigenvalue weighted by Crippen LogP contribution is -2.42. The molecule has 0 aliphatic carbocycles. The molecule has 27 heavy (non-hydrogen) atoms. The van der Waals surface area contributed by atoms with E-state index in [0.29, 0.717) is 12.2 Å². The predicted octanol–water partition coefficient (Wildman–Crippen LogP) is 3.60. The van der Waals surface area contributed by atoms with E-state index in [1.165, 1.54) is 5.69 Å². The highest BCUT2D eigenvalue weighted by molar-refractivity contribution is 6.02. The summed E-state index contributed by atoms with van der Waals surface area (Å²) < 4.78 is 15.2. The summed E-state index contributed by atoms with van der Waals surface area (Å²) in [4.78, 5) is 15.5. The van der Waals surface area contributed by atoms with Crippen molar-refractivity contribution in [2.75, 3.05) is 20.8 Å². The molecule has 6 nitrogen and oxygen atoms in total. The minimum atomic E-state index is 0.0390. The molecular weight excluding hydrogens is 342 g/mol. The Kier molecular flexibility index (Phi) is 4.34. The second kappa shape index (κ2) is 6.68. The molecule has 3 aromatic rings. The van der Waals surface area contributed by atoms with Gasteiger partial charge in [0.05, 0.1) is 25.8 Å². The third kappa shape index (κ3) is 2.59. The van der Waals surface area contributed by atoms with Gasteiger partial charge in [-0.05, 0) is 36.8 Å². The highest BCUT2D eigenvalue weighted by Gasteiger charge is 2.32. The average Bonchev–Trinajstić information content (AvgIpc) is 3.31. The van der Waals surface area contributed by atoms with Crippen molar-refractivity contribution in [2.45, 2.75) is 25.9 Å². The fourth-order valence-electron chi connectivity index (χ4n) is 4.24. The van der Waals surface area contributed by atoms with Gasteiger partial charge in [-0.25, -0.2) is 0 Å². The molecule has 1 aromatic carbocycles. The topological polar surface area (TPSA) is 48.6 Å². The highest BCUT2D eigenvalue weighted by atomic mass is 16.5. The van der Waals surface area contributed by atoms with Gasteiger partial charge < -0.3 is 23.5 Å². The Hall–Kier alpha value is -2.89. The molecule has 142 valence electrons. The Labute approximate surface area is 158 Å². The SMILES string of the molecule is CC[C@@H]1c2cccn2CCN1C(=O)c1cc2c(OC)ccc(OC)c2n1C. The first-order valence-corrected chi connectivity index (χ1v) is 9.27. The summed E-state index contributed by atoms with van der Waals surface area (Å²) in [5.74, 6) is 1.50. The quantitative estimate of drug-likeness (QED) is 0.708. The Bertz CT molecular complexity index is 1000. The number of hydrogen-bond acceptors (Lipinski definition) is 3. The summed E-state index contributed by atoms with van der Waals surface area (Å²) in [7, 11) is 5.19. The van der Waals surface area contributed by atoms with Crippen LogP contribution in [0.5, 0.6) is 11.5 Å². The van der Waals surface area contributed by atoms with Crippen LogP contribution in [-0.4, -0.2) is 40.7 Å². The third-order valence-corrected chi connectivity index (χ3v) is 5.59. The van der Waals surface area contributed by atoms with Crippen molar-refractivity contribution in [1.82, 2.24) is 14.0 Å². The molecule has 3 heterocycles. The minimum absolute atomic E-state index is 0.0390. The number of carbonyl (C=O) groups is 1. The number of nitrogens with zero attached hydrogens (tertiary/aromatic N) is 3. The van der Waals surface area contributed by atoms with Gasteiger partial charge in [-0.3, -0.25) is 4.79 Å². The third-order valence-electron chi connectivity index (χ3n) is 5.59. The first-order valence-electron chi connectivity index (χ1n) is 9.27. The maximum absolute atomic E-state index is 13.5. The molecule has 0 saturated carbocycles. The molecule has 4 rings (SSSR count). The number of carbonyl (C=O) groups excluding carboxylic acids is 1. The van der Waals surface area contributed by atoms with Crippen LogP contribution >= 0.6 is 0 Å². The zero-order valence-electron chi connectivity index (χ0n) is 16.2. The molecule has 0 spiro atoms. The van der Waals surface area contributed by atoms with Crippen molar-refractivity contribution in [3.63, 3.8) is 0 Å². The summed E-state index contributed by atoms with van der Waals surface area (Å²) in [5, 5.41) is 0.885. The van der Waals surface area contributed by atoms with Gasteiger partial charge in [-0.15, -0.1) is 0 Å².